The number of aryl methyl sites for hydroxylation is 2. The Morgan fingerprint density at radius 2 is 1.57 bits per heavy atom. The summed E-state index contributed by atoms with van der Waals surface area (Å²) in [6, 6.07) is 11.9. The second kappa shape index (κ2) is 4.53. The predicted octanol–water partition coefficient (Wildman–Crippen LogP) is 2.33. The van der Waals surface area contributed by atoms with Gasteiger partial charge in [0.15, 0.2) is 0 Å². The number of rotatable bonds is 1. The first-order valence-electron chi connectivity index (χ1n) is 6.70. The molecule has 0 fully saturated rings. The van der Waals surface area contributed by atoms with Gasteiger partial charge in [-0.2, -0.15) is 0 Å². The number of anilines is 1. The Hall–Kier alpha value is -2.46. The number of amides is 1. The average Bonchev–Trinajstić information content (AvgIpc) is 2.49. The highest BCUT2D eigenvalue weighted by molar-refractivity contribution is 6.27. The highest BCUT2D eigenvalue weighted by atomic mass is 16.3. The minimum absolute atomic E-state index is 0.277. The van der Waals surface area contributed by atoms with Gasteiger partial charge >= 0.3 is 0 Å². The molecule has 4 nitrogen and oxygen atoms in total. The largest absolute Gasteiger partial charge is 0.369 e. The van der Waals surface area contributed by atoms with Crippen LogP contribution in [0.3, 0.4) is 0 Å². The number of hydrogen-bond acceptors (Lipinski definition) is 3. The first kappa shape index (κ1) is 13.5. The van der Waals surface area contributed by atoms with Gasteiger partial charge in [0.05, 0.1) is 5.69 Å². The maximum Gasteiger partial charge on any atom is 0.269 e. The molecule has 2 aromatic rings. The van der Waals surface area contributed by atoms with Crippen LogP contribution in [0.25, 0.3) is 0 Å². The number of Topliss-reactive ketones (excluding diaryl/α,β-unsaturated/α-hetero) is 1. The number of nitrogens with one attached hydrogen (secondary N) is 1. The summed E-state index contributed by atoms with van der Waals surface area (Å²) < 4.78 is 0. The van der Waals surface area contributed by atoms with E-state index in [9.17, 15) is 14.7 Å². The molecule has 1 heterocycles. The Morgan fingerprint density at radius 3 is 2.24 bits per heavy atom. The molecule has 3 rings (SSSR count). The molecule has 1 unspecified atom stereocenters. The number of fused-ring (bicyclic) bond motifs is 1. The summed E-state index contributed by atoms with van der Waals surface area (Å²) in [5.41, 5.74) is 0.500. The van der Waals surface area contributed by atoms with Gasteiger partial charge in [-0.25, -0.2) is 0 Å². The second-order valence-electron chi connectivity index (χ2n) is 5.31. The van der Waals surface area contributed by atoms with Crippen LogP contribution in [0.2, 0.25) is 0 Å². The molecule has 2 N–H and O–H groups in total. The van der Waals surface area contributed by atoms with Crippen LogP contribution >= 0.6 is 0 Å². The monoisotopic (exact) mass is 281 g/mol. The lowest BCUT2D eigenvalue weighted by Crippen LogP contribution is -2.51. The van der Waals surface area contributed by atoms with Crippen LogP contribution in [-0.2, 0) is 10.4 Å². The number of ketones is 1. The molecule has 1 aliphatic heterocycles. The standard InChI is InChI=1S/C17H15NO3/c1-10-8-9-11(2)14-13(10)15(19)17(21,16(20)18-14)12-6-4-3-5-7-12/h3-9,21H,1-2H3,(H,18,20). The summed E-state index contributed by atoms with van der Waals surface area (Å²) in [5, 5.41) is 13.5. The number of carbonyl (C=O) groups excluding carboxylic acids is 2. The van der Waals surface area contributed by atoms with E-state index in [0.29, 0.717) is 11.3 Å². The van der Waals surface area contributed by atoms with Gasteiger partial charge in [0, 0.05) is 11.1 Å². The smallest absolute Gasteiger partial charge is 0.269 e. The Balaban J connectivity index is 2.26. The van der Waals surface area contributed by atoms with E-state index in [1.54, 1.807) is 37.3 Å². The Morgan fingerprint density at radius 1 is 0.952 bits per heavy atom. The zero-order chi connectivity index (χ0) is 15.2. The van der Waals surface area contributed by atoms with Gasteiger partial charge in [0.2, 0.25) is 11.4 Å². The van der Waals surface area contributed by atoms with Crippen LogP contribution in [0.1, 0.15) is 27.0 Å². The van der Waals surface area contributed by atoms with Gasteiger partial charge < -0.3 is 10.4 Å². The number of carbonyl (C=O) groups is 2. The van der Waals surface area contributed by atoms with Crippen molar-refractivity contribution in [3.8, 4) is 0 Å². The Bertz CT molecular complexity index is 752. The summed E-state index contributed by atoms with van der Waals surface area (Å²) in [7, 11) is 0. The van der Waals surface area contributed by atoms with Crippen molar-refractivity contribution in [2.24, 2.45) is 0 Å². The van der Waals surface area contributed by atoms with E-state index < -0.39 is 17.3 Å². The molecule has 0 saturated heterocycles. The predicted molar refractivity (Wildman–Crippen MR) is 79.2 cm³/mol. The third-order valence-electron chi connectivity index (χ3n) is 3.94. The van der Waals surface area contributed by atoms with E-state index in [0.717, 1.165) is 11.1 Å². The van der Waals surface area contributed by atoms with Gasteiger partial charge in [-0.3, -0.25) is 9.59 Å². The van der Waals surface area contributed by atoms with Crippen molar-refractivity contribution in [2.75, 3.05) is 5.32 Å². The van der Waals surface area contributed by atoms with Crippen LogP contribution in [0, 0.1) is 13.8 Å². The van der Waals surface area contributed by atoms with Crippen LogP contribution in [0.4, 0.5) is 5.69 Å². The molecule has 1 atom stereocenters. The van der Waals surface area contributed by atoms with E-state index >= 15 is 0 Å². The van der Waals surface area contributed by atoms with E-state index in [2.05, 4.69) is 5.32 Å². The Labute approximate surface area is 122 Å². The summed E-state index contributed by atoms with van der Waals surface area (Å²) in [4.78, 5) is 25.2. The molecule has 0 bridgehead atoms. The van der Waals surface area contributed by atoms with Crippen molar-refractivity contribution in [3.05, 3.63) is 64.7 Å². The molecule has 4 heteroatoms. The van der Waals surface area contributed by atoms with Crippen LogP contribution in [0.5, 0.6) is 0 Å². The molecule has 0 saturated carbocycles. The maximum absolute atomic E-state index is 12.8. The molecule has 2 aromatic carbocycles. The molecular formula is C17H15NO3. The van der Waals surface area contributed by atoms with Crippen molar-refractivity contribution < 1.29 is 14.7 Å². The molecule has 0 radical (unpaired) electrons. The lowest BCUT2D eigenvalue weighted by Gasteiger charge is -2.32. The van der Waals surface area contributed by atoms with E-state index in [1.807, 2.05) is 19.1 Å². The lowest BCUT2D eigenvalue weighted by atomic mass is 9.79. The van der Waals surface area contributed by atoms with E-state index in [1.165, 1.54) is 0 Å². The molecule has 1 aliphatic rings. The average molecular weight is 281 g/mol. The third-order valence-corrected chi connectivity index (χ3v) is 3.94. The van der Waals surface area contributed by atoms with Gasteiger partial charge in [0.1, 0.15) is 0 Å². The van der Waals surface area contributed by atoms with Crippen LogP contribution in [-0.4, -0.2) is 16.8 Å². The normalized spacial score (nSPS) is 20.9. The summed E-state index contributed by atoms with van der Waals surface area (Å²) in [5.74, 6) is -1.28. The molecule has 0 spiro atoms. The second-order valence-corrected chi connectivity index (χ2v) is 5.31. The first-order chi connectivity index (χ1) is 9.96. The molecule has 1 amide bonds. The van der Waals surface area contributed by atoms with Crippen LogP contribution < -0.4 is 5.32 Å². The first-order valence-corrected chi connectivity index (χ1v) is 6.70. The number of hydrogen-bond donors (Lipinski definition) is 2. The molecule has 21 heavy (non-hydrogen) atoms. The van der Waals surface area contributed by atoms with Crippen molar-refractivity contribution in [2.45, 2.75) is 19.4 Å². The zero-order valence-electron chi connectivity index (χ0n) is 11.8. The van der Waals surface area contributed by atoms with Crippen LogP contribution in [0.15, 0.2) is 42.5 Å². The fourth-order valence-electron chi connectivity index (χ4n) is 2.69. The molecule has 0 aromatic heterocycles. The highest BCUT2D eigenvalue weighted by Crippen LogP contribution is 2.37. The van der Waals surface area contributed by atoms with Crippen molar-refractivity contribution in [3.63, 3.8) is 0 Å². The number of benzene rings is 2. The van der Waals surface area contributed by atoms with Gasteiger partial charge in [-0.1, -0.05) is 42.5 Å². The fraction of sp³-hybridized carbons (Fsp3) is 0.176. The third kappa shape index (κ3) is 1.80. The Kier molecular flexibility index (Phi) is 2.92. The maximum atomic E-state index is 12.8. The topological polar surface area (TPSA) is 66.4 Å². The van der Waals surface area contributed by atoms with E-state index in [-0.39, 0.29) is 5.56 Å². The fourth-order valence-corrected chi connectivity index (χ4v) is 2.69. The molecule has 0 aliphatic carbocycles. The zero-order valence-corrected chi connectivity index (χ0v) is 11.8. The van der Waals surface area contributed by atoms with Gasteiger partial charge in [0.25, 0.3) is 5.91 Å². The molecular weight excluding hydrogens is 266 g/mol. The van der Waals surface area contributed by atoms with Gasteiger partial charge in [-0.05, 0) is 25.0 Å². The number of aliphatic hydroxyl groups is 1. The minimum atomic E-state index is -2.17. The summed E-state index contributed by atoms with van der Waals surface area (Å²) in [6.45, 7) is 3.61. The van der Waals surface area contributed by atoms with Crippen molar-refractivity contribution >= 4 is 17.4 Å². The SMILES string of the molecule is Cc1ccc(C)c2c1NC(=O)C(O)(c1ccccc1)C2=O. The highest BCUT2D eigenvalue weighted by Gasteiger charge is 2.50. The van der Waals surface area contributed by atoms with Crippen molar-refractivity contribution in [1.82, 2.24) is 0 Å². The lowest BCUT2D eigenvalue weighted by molar-refractivity contribution is -0.130. The summed E-state index contributed by atoms with van der Waals surface area (Å²) in [6.07, 6.45) is 0. The van der Waals surface area contributed by atoms with Gasteiger partial charge in [-0.15, -0.1) is 0 Å². The van der Waals surface area contributed by atoms with E-state index in [4.69, 9.17) is 0 Å². The quantitative estimate of drug-likeness (QED) is 0.788. The van der Waals surface area contributed by atoms with Crippen molar-refractivity contribution in [1.29, 1.82) is 0 Å². The minimum Gasteiger partial charge on any atom is -0.369 e. The summed E-state index contributed by atoms with van der Waals surface area (Å²) >= 11 is 0. The molecule has 106 valence electrons.